The maximum atomic E-state index is 8.40. The number of hydrogen-bond acceptors (Lipinski definition) is 3. The smallest absolute Gasteiger partial charge is 0.131 e. The third kappa shape index (κ3) is 2.92. The summed E-state index contributed by atoms with van der Waals surface area (Å²) in [5, 5.41) is 8.87. The van der Waals surface area contributed by atoms with Crippen LogP contribution in [0.5, 0.6) is 0 Å². The third-order valence-corrected chi connectivity index (χ3v) is 1.92. The van der Waals surface area contributed by atoms with Crippen LogP contribution in [0, 0.1) is 11.3 Å². The van der Waals surface area contributed by atoms with E-state index in [1.165, 1.54) is 0 Å². The van der Waals surface area contributed by atoms with Gasteiger partial charge in [0.2, 0.25) is 0 Å². The number of aromatic nitrogens is 1. The highest BCUT2D eigenvalue weighted by molar-refractivity contribution is 6.29. The van der Waals surface area contributed by atoms with Crippen LogP contribution in [0.25, 0.3) is 0 Å². The molecule has 0 saturated heterocycles. The summed E-state index contributed by atoms with van der Waals surface area (Å²) in [5.74, 6) is 0. The van der Waals surface area contributed by atoms with Crippen molar-refractivity contribution in [2.75, 3.05) is 18.5 Å². The molecular formula is C9H10ClN3. The molecule has 0 unspecified atom stereocenters. The van der Waals surface area contributed by atoms with Gasteiger partial charge in [0.1, 0.15) is 5.15 Å². The fourth-order valence-electron chi connectivity index (χ4n) is 0.976. The minimum absolute atomic E-state index is 0.473. The molecule has 1 heterocycles. The summed E-state index contributed by atoms with van der Waals surface area (Å²) < 4.78 is 0. The Labute approximate surface area is 82.6 Å². The molecule has 0 aliphatic rings. The largest absolute Gasteiger partial charge is 0.373 e. The van der Waals surface area contributed by atoms with Crippen LogP contribution in [0.4, 0.5) is 5.69 Å². The topological polar surface area (TPSA) is 39.9 Å². The first-order chi connectivity index (χ1) is 6.24. The number of nitriles is 1. The molecular weight excluding hydrogens is 186 g/mol. The van der Waals surface area contributed by atoms with Crippen LogP contribution in [0.15, 0.2) is 18.3 Å². The van der Waals surface area contributed by atoms with Crippen molar-refractivity contribution in [3.8, 4) is 6.07 Å². The van der Waals surface area contributed by atoms with E-state index in [9.17, 15) is 0 Å². The highest BCUT2D eigenvalue weighted by atomic mass is 35.5. The van der Waals surface area contributed by atoms with Crippen molar-refractivity contribution in [3.05, 3.63) is 23.5 Å². The normalized spacial score (nSPS) is 9.31. The SMILES string of the molecule is CN(CCC#N)c1ccnc(Cl)c1. The lowest BCUT2D eigenvalue weighted by Crippen LogP contribution is -2.17. The van der Waals surface area contributed by atoms with Crippen molar-refractivity contribution >= 4 is 17.3 Å². The van der Waals surface area contributed by atoms with E-state index in [-0.39, 0.29) is 0 Å². The Hall–Kier alpha value is -1.27. The number of halogens is 1. The van der Waals surface area contributed by atoms with Crippen LogP contribution in [-0.2, 0) is 0 Å². The molecule has 1 aromatic rings. The number of pyridine rings is 1. The van der Waals surface area contributed by atoms with Crippen molar-refractivity contribution in [3.63, 3.8) is 0 Å². The second-order valence-corrected chi connectivity index (χ2v) is 3.05. The standard InChI is InChI=1S/C9H10ClN3/c1-13(6-2-4-11)8-3-5-12-9(10)7-8/h3,5,7H,2,6H2,1H3. The molecule has 13 heavy (non-hydrogen) atoms. The summed E-state index contributed by atoms with van der Waals surface area (Å²) in [6.45, 7) is 0.705. The monoisotopic (exact) mass is 195 g/mol. The molecule has 0 atom stereocenters. The average Bonchev–Trinajstić information content (AvgIpc) is 2.14. The van der Waals surface area contributed by atoms with Crippen molar-refractivity contribution in [1.82, 2.24) is 4.98 Å². The zero-order valence-electron chi connectivity index (χ0n) is 7.37. The Bertz CT molecular complexity index is 319. The summed E-state index contributed by atoms with van der Waals surface area (Å²) >= 11 is 5.72. The van der Waals surface area contributed by atoms with Gasteiger partial charge in [-0.15, -0.1) is 0 Å². The molecule has 4 heteroatoms. The van der Waals surface area contributed by atoms with Gasteiger partial charge in [0.15, 0.2) is 0 Å². The molecule has 0 fully saturated rings. The van der Waals surface area contributed by atoms with Crippen LogP contribution in [0.2, 0.25) is 5.15 Å². The lowest BCUT2D eigenvalue weighted by molar-refractivity contribution is 0.903. The van der Waals surface area contributed by atoms with Gasteiger partial charge in [-0.25, -0.2) is 4.98 Å². The molecule has 0 amide bonds. The van der Waals surface area contributed by atoms with Crippen LogP contribution < -0.4 is 4.90 Å². The molecule has 0 aliphatic carbocycles. The molecule has 3 nitrogen and oxygen atoms in total. The highest BCUT2D eigenvalue weighted by Crippen LogP contribution is 2.15. The summed E-state index contributed by atoms with van der Waals surface area (Å²) in [6, 6.07) is 5.73. The molecule has 0 aliphatic heterocycles. The molecule has 0 saturated carbocycles. The van der Waals surface area contributed by atoms with E-state index in [1.54, 1.807) is 12.3 Å². The number of hydrogen-bond donors (Lipinski definition) is 0. The van der Waals surface area contributed by atoms with Crippen molar-refractivity contribution in [2.24, 2.45) is 0 Å². The first-order valence-corrected chi connectivity index (χ1v) is 4.31. The lowest BCUT2D eigenvalue weighted by atomic mass is 10.3. The van der Waals surface area contributed by atoms with Gasteiger partial charge in [0.25, 0.3) is 0 Å². The van der Waals surface area contributed by atoms with Gasteiger partial charge in [-0.2, -0.15) is 5.26 Å². The number of rotatable bonds is 3. The van der Waals surface area contributed by atoms with Gasteiger partial charge in [0.05, 0.1) is 12.5 Å². The molecule has 0 spiro atoms. The van der Waals surface area contributed by atoms with E-state index in [0.29, 0.717) is 18.1 Å². The highest BCUT2D eigenvalue weighted by Gasteiger charge is 2.00. The van der Waals surface area contributed by atoms with Gasteiger partial charge in [-0.05, 0) is 12.1 Å². The van der Waals surface area contributed by atoms with Gasteiger partial charge < -0.3 is 4.90 Å². The Kier molecular flexibility index (Phi) is 3.53. The van der Waals surface area contributed by atoms with Gasteiger partial charge in [-0.3, -0.25) is 0 Å². The fourth-order valence-corrected chi connectivity index (χ4v) is 1.14. The van der Waals surface area contributed by atoms with E-state index in [0.717, 1.165) is 5.69 Å². The van der Waals surface area contributed by atoms with Gasteiger partial charge >= 0.3 is 0 Å². The summed E-state index contributed by atoms with van der Waals surface area (Å²) in [5.41, 5.74) is 0.982. The van der Waals surface area contributed by atoms with Crippen LogP contribution in [0.3, 0.4) is 0 Å². The number of nitrogens with zero attached hydrogens (tertiary/aromatic N) is 3. The molecule has 0 N–H and O–H groups in total. The second-order valence-electron chi connectivity index (χ2n) is 2.67. The molecule has 0 bridgehead atoms. The Morgan fingerprint density at radius 2 is 2.46 bits per heavy atom. The molecule has 68 valence electrons. The van der Waals surface area contributed by atoms with E-state index in [1.807, 2.05) is 18.0 Å². The van der Waals surface area contributed by atoms with Crippen LogP contribution in [-0.4, -0.2) is 18.6 Å². The molecule has 0 radical (unpaired) electrons. The first kappa shape index (κ1) is 9.82. The predicted octanol–water partition coefficient (Wildman–Crippen LogP) is 2.08. The predicted molar refractivity (Wildman–Crippen MR) is 52.7 cm³/mol. The first-order valence-electron chi connectivity index (χ1n) is 3.93. The van der Waals surface area contributed by atoms with E-state index >= 15 is 0 Å². The minimum atomic E-state index is 0.473. The second kappa shape index (κ2) is 4.68. The van der Waals surface area contributed by atoms with Crippen molar-refractivity contribution in [1.29, 1.82) is 5.26 Å². The zero-order valence-corrected chi connectivity index (χ0v) is 8.12. The van der Waals surface area contributed by atoms with Crippen LogP contribution in [0.1, 0.15) is 6.42 Å². The molecule has 1 aromatic heterocycles. The van der Waals surface area contributed by atoms with Gasteiger partial charge in [0, 0.05) is 25.5 Å². The maximum Gasteiger partial charge on any atom is 0.131 e. The number of anilines is 1. The average molecular weight is 196 g/mol. The molecule has 0 aromatic carbocycles. The summed E-state index contributed by atoms with van der Waals surface area (Å²) in [7, 11) is 1.92. The summed E-state index contributed by atoms with van der Waals surface area (Å²) in [6.07, 6.45) is 2.16. The lowest BCUT2D eigenvalue weighted by Gasteiger charge is -2.17. The third-order valence-electron chi connectivity index (χ3n) is 1.71. The Balaban J connectivity index is 2.66. The maximum absolute atomic E-state index is 8.40. The quantitative estimate of drug-likeness (QED) is 0.694. The fraction of sp³-hybridized carbons (Fsp3) is 0.333. The Morgan fingerprint density at radius 1 is 1.69 bits per heavy atom. The van der Waals surface area contributed by atoms with Crippen molar-refractivity contribution in [2.45, 2.75) is 6.42 Å². The Morgan fingerprint density at radius 3 is 3.08 bits per heavy atom. The minimum Gasteiger partial charge on any atom is -0.373 e. The van der Waals surface area contributed by atoms with E-state index in [2.05, 4.69) is 11.1 Å². The van der Waals surface area contributed by atoms with Crippen LogP contribution >= 0.6 is 11.6 Å². The zero-order chi connectivity index (χ0) is 9.68. The van der Waals surface area contributed by atoms with Gasteiger partial charge in [-0.1, -0.05) is 11.6 Å². The molecule has 1 rings (SSSR count). The van der Waals surface area contributed by atoms with Crippen molar-refractivity contribution < 1.29 is 0 Å². The van der Waals surface area contributed by atoms with E-state index < -0.39 is 0 Å². The van der Waals surface area contributed by atoms with E-state index in [4.69, 9.17) is 16.9 Å². The summed E-state index contributed by atoms with van der Waals surface area (Å²) in [4.78, 5) is 5.85.